The Kier molecular flexibility index (Phi) is 2.75. The number of pyridine rings is 1. The van der Waals surface area contributed by atoms with Crippen LogP contribution >= 0.6 is 11.6 Å². The van der Waals surface area contributed by atoms with Crippen LogP contribution in [0.25, 0.3) is 11.1 Å². The van der Waals surface area contributed by atoms with Gasteiger partial charge < -0.3 is 5.73 Å². The van der Waals surface area contributed by atoms with Crippen molar-refractivity contribution in [3.8, 4) is 11.1 Å². The lowest BCUT2D eigenvalue weighted by atomic mass is 10.1. The van der Waals surface area contributed by atoms with E-state index in [1.165, 1.54) is 12.4 Å². The lowest BCUT2D eigenvalue weighted by molar-refractivity contribution is 0.509. The summed E-state index contributed by atoms with van der Waals surface area (Å²) in [6.07, 6.45) is 2.96. The molecule has 0 radical (unpaired) electrons. The SMILES string of the molecule is Nc1ccncc1-c1cc(F)c(F)cc1Cl. The van der Waals surface area contributed by atoms with E-state index in [0.29, 0.717) is 16.8 Å². The molecule has 82 valence electrons. The number of nitrogens with zero attached hydrogens (tertiary/aromatic N) is 1. The molecule has 16 heavy (non-hydrogen) atoms. The molecule has 0 bridgehead atoms. The first-order valence-electron chi connectivity index (χ1n) is 4.44. The molecule has 2 aromatic rings. The monoisotopic (exact) mass is 240 g/mol. The van der Waals surface area contributed by atoms with Gasteiger partial charge in [-0.1, -0.05) is 11.6 Å². The zero-order valence-electron chi connectivity index (χ0n) is 8.05. The zero-order chi connectivity index (χ0) is 11.7. The Hall–Kier alpha value is -1.68. The Morgan fingerprint density at radius 3 is 2.50 bits per heavy atom. The molecule has 1 aromatic carbocycles. The van der Waals surface area contributed by atoms with Gasteiger partial charge >= 0.3 is 0 Å². The van der Waals surface area contributed by atoms with E-state index in [1.807, 2.05) is 0 Å². The maximum absolute atomic E-state index is 13.1. The second-order valence-electron chi connectivity index (χ2n) is 3.21. The van der Waals surface area contributed by atoms with Gasteiger partial charge in [0.1, 0.15) is 0 Å². The molecule has 2 nitrogen and oxygen atoms in total. The van der Waals surface area contributed by atoms with Crippen LogP contribution in [0.15, 0.2) is 30.6 Å². The number of halogens is 3. The summed E-state index contributed by atoms with van der Waals surface area (Å²) in [6, 6.07) is 3.48. The highest BCUT2D eigenvalue weighted by Gasteiger charge is 2.12. The number of benzene rings is 1. The summed E-state index contributed by atoms with van der Waals surface area (Å²) in [5.41, 5.74) is 6.90. The van der Waals surface area contributed by atoms with Crippen molar-refractivity contribution in [2.45, 2.75) is 0 Å². The van der Waals surface area contributed by atoms with E-state index in [9.17, 15) is 8.78 Å². The summed E-state index contributed by atoms with van der Waals surface area (Å²) in [5, 5.41) is 0.0959. The van der Waals surface area contributed by atoms with Crippen molar-refractivity contribution in [1.29, 1.82) is 0 Å². The highest BCUT2D eigenvalue weighted by molar-refractivity contribution is 6.33. The van der Waals surface area contributed by atoms with Gasteiger partial charge in [0, 0.05) is 29.2 Å². The van der Waals surface area contributed by atoms with Crippen molar-refractivity contribution in [1.82, 2.24) is 4.98 Å². The Morgan fingerprint density at radius 2 is 1.81 bits per heavy atom. The minimum Gasteiger partial charge on any atom is -0.398 e. The Morgan fingerprint density at radius 1 is 1.12 bits per heavy atom. The van der Waals surface area contributed by atoms with Crippen LogP contribution in [-0.2, 0) is 0 Å². The Balaban J connectivity index is 2.65. The fourth-order valence-electron chi connectivity index (χ4n) is 1.36. The van der Waals surface area contributed by atoms with Crippen LogP contribution in [-0.4, -0.2) is 4.98 Å². The zero-order valence-corrected chi connectivity index (χ0v) is 8.80. The quantitative estimate of drug-likeness (QED) is 0.777. The average Bonchev–Trinajstić information content (AvgIpc) is 2.25. The third-order valence-electron chi connectivity index (χ3n) is 2.15. The van der Waals surface area contributed by atoms with E-state index in [0.717, 1.165) is 12.1 Å². The standard InChI is InChI=1S/C11H7ClF2N2/c12-8-4-10(14)9(13)3-6(8)7-5-16-2-1-11(7)15/h1-5H,(H2,15,16). The number of aromatic nitrogens is 1. The first-order chi connectivity index (χ1) is 7.59. The Labute approximate surface area is 95.7 Å². The molecule has 0 aliphatic rings. The lowest BCUT2D eigenvalue weighted by Gasteiger charge is -2.07. The summed E-state index contributed by atoms with van der Waals surface area (Å²) >= 11 is 5.82. The number of anilines is 1. The number of hydrogen-bond acceptors (Lipinski definition) is 2. The largest absolute Gasteiger partial charge is 0.398 e. The molecule has 0 aliphatic heterocycles. The molecule has 0 unspecified atom stereocenters. The van der Waals surface area contributed by atoms with E-state index in [-0.39, 0.29) is 5.02 Å². The molecule has 0 fully saturated rings. The predicted molar refractivity (Wildman–Crippen MR) is 59.0 cm³/mol. The molecule has 0 spiro atoms. The van der Waals surface area contributed by atoms with Crippen LogP contribution in [0, 0.1) is 11.6 Å². The molecule has 1 aromatic heterocycles. The molecule has 2 rings (SSSR count). The number of nitrogens with two attached hydrogens (primary N) is 1. The predicted octanol–water partition coefficient (Wildman–Crippen LogP) is 3.26. The van der Waals surface area contributed by atoms with E-state index in [4.69, 9.17) is 17.3 Å². The highest BCUT2D eigenvalue weighted by atomic mass is 35.5. The normalized spacial score (nSPS) is 10.4. The summed E-state index contributed by atoms with van der Waals surface area (Å²) in [5.74, 6) is -1.96. The van der Waals surface area contributed by atoms with Crippen LogP contribution in [0.5, 0.6) is 0 Å². The minimum atomic E-state index is -0.990. The highest BCUT2D eigenvalue weighted by Crippen LogP contribution is 2.32. The van der Waals surface area contributed by atoms with Crippen molar-refractivity contribution < 1.29 is 8.78 Å². The van der Waals surface area contributed by atoms with Crippen LogP contribution in [0.2, 0.25) is 5.02 Å². The van der Waals surface area contributed by atoms with E-state index >= 15 is 0 Å². The maximum Gasteiger partial charge on any atom is 0.160 e. The van der Waals surface area contributed by atoms with Gasteiger partial charge in [0.15, 0.2) is 11.6 Å². The summed E-state index contributed by atoms with van der Waals surface area (Å²) in [6.45, 7) is 0. The molecule has 0 aliphatic carbocycles. The van der Waals surface area contributed by atoms with Crippen molar-refractivity contribution in [3.05, 3.63) is 47.2 Å². The van der Waals surface area contributed by atoms with Crippen LogP contribution < -0.4 is 5.73 Å². The molecule has 0 saturated carbocycles. The maximum atomic E-state index is 13.1. The van der Waals surface area contributed by atoms with Gasteiger partial charge in [0.05, 0.1) is 5.02 Å². The van der Waals surface area contributed by atoms with Crippen LogP contribution in [0.1, 0.15) is 0 Å². The first kappa shape index (κ1) is 10.8. The summed E-state index contributed by atoms with van der Waals surface area (Å²) < 4.78 is 26.0. The van der Waals surface area contributed by atoms with Gasteiger partial charge in [-0.2, -0.15) is 0 Å². The van der Waals surface area contributed by atoms with E-state index in [2.05, 4.69) is 4.98 Å². The molecule has 1 heterocycles. The second-order valence-corrected chi connectivity index (χ2v) is 3.62. The molecule has 0 amide bonds. The molecular formula is C11H7ClF2N2. The third-order valence-corrected chi connectivity index (χ3v) is 2.47. The van der Waals surface area contributed by atoms with Crippen molar-refractivity contribution in [3.63, 3.8) is 0 Å². The molecule has 2 N–H and O–H groups in total. The van der Waals surface area contributed by atoms with Gasteiger partial charge in [0.25, 0.3) is 0 Å². The summed E-state index contributed by atoms with van der Waals surface area (Å²) in [7, 11) is 0. The topological polar surface area (TPSA) is 38.9 Å². The van der Waals surface area contributed by atoms with Crippen LogP contribution in [0.4, 0.5) is 14.5 Å². The lowest BCUT2D eigenvalue weighted by Crippen LogP contribution is -1.93. The third kappa shape index (κ3) is 1.84. The number of rotatable bonds is 1. The van der Waals surface area contributed by atoms with Crippen molar-refractivity contribution in [2.24, 2.45) is 0 Å². The Bertz CT molecular complexity index is 544. The smallest absolute Gasteiger partial charge is 0.160 e. The number of hydrogen-bond donors (Lipinski definition) is 1. The van der Waals surface area contributed by atoms with Gasteiger partial charge in [-0.3, -0.25) is 4.98 Å². The fraction of sp³-hybridized carbons (Fsp3) is 0. The number of nitrogen functional groups attached to an aromatic ring is 1. The molecule has 0 atom stereocenters. The van der Waals surface area contributed by atoms with Gasteiger partial charge in [-0.05, 0) is 18.2 Å². The molecule has 0 saturated heterocycles. The van der Waals surface area contributed by atoms with Gasteiger partial charge in [-0.15, -0.1) is 0 Å². The second kappa shape index (κ2) is 4.06. The molecule has 5 heteroatoms. The van der Waals surface area contributed by atoms with Crippen molar-refractivity contribution in [2.75, 3.05) is 5.73 Å². The average molecular weight is 241 g/mol. The molecular weight excluding hydrogens is 234 g/mol. The van der Waals surface area contributed by atoms with Crippen LogP contribution in [0.3, 0.4) is 0 Å². The minimum absolute atomic E-state index is 0.0959. The summed E-state index contributed by atoms with van der Waals surface area (Å²) in [4.78, 5) is 3.86. The first-order valence-corrected chi connectivity index (χ1v) is 4.82. The van der Waals surface area contributed by atoms with E-state index < -0.39 is 11.6 Å². The van der Waals surface area contributed by atoms with Crippen molar-refractivity contribution >= 4 is 17.3 Å². The van der Waals surface area contributed by atoms with E-state index in [1.54, 1.807) is 6.07 Å². The fourth-order valence-corrected chi connectivity index (χ4v) is 1.61. The van der Waals surface area contributed by atoms with Gasteiger partial charge in [-0.25, -0.2) is 8.78 Å². The van der Waals surface area contributed by atoms with Gasteiger partial charge in [0.2, 0.25) is 0 Å².